The first kappa shape index (κ1) is 12.9. The van der Waals surface area contributed by atoms with Gasteiger partial charge in [0.25, 0.3) is 0 Å². The molecule has 3 N–H and O–H groups in total. The lowest BCUT2D eigenvalue weighted by molar-refractivity contribution is 0.579. The van der Waals surface area contributed by atoms with Crippen molar-refractivity contribution in [3.63, 3.8) is 0 Å². The van der Waals surface area contributed by atoms with Gasteiger partial charge in [-0.05, 0) is 25.1 Å². The Morgan fingerprint density at radius 2 is 2.20 bits per heavy atom. The molecule has 0 aliphatic rings. The third-order valence-electron chi connectivity index (χ3n) is 1.71. The van der Waals surface area contributed by atoms with Crippen LogP contribution in [0.2, 0.25) is 4.34 Å². The molecule has 86 valence electrons. The molecule has 0 saturated carbocycles. The SMILES string of the molecule is NCCCS(=O)(=O)NCc1ccc(Cl)s1. The van der Waals surface area contributed by atoms with Crippen LogP contribution in [0, 0.1) is 0 Å². The average molecular weight is 269 g/mol. The molecule has 0 aliphatic heterocycles. The van der Waals surface area contributed by atoms with Crippen LogP contribution >= 0.6 is 22.9 Å². The molecule has 0 fully saturated rings. The summed E-state index contributed by atoms with van der Waals surface area (Å²) in [5.41, 5.74) is 5.24. The monoisotopic (exact) mass is 268 g/mol. The van der Waals surface area contributed by atoms with Crippen molar-refractivity contribution in [2.45, 2.75) is 13.0 Å². The number of hydrogen-bond donors (Lipinski definition) is 2. The molecule has 0 aromatic carbocycles. The Bertz CT molecular complexity index is 403. The van der Waals surface area contributed by atoms with Crippen LogP contribution in [-0.2, 0) is 16.6 Å². The molecular formula is C8H13ClN2O2S2. The Labute approximate surface area is 98.5 Å². The van der Waals surface area contributed by atoms with Crippen LogP contribution in [0.4, 0.5) is 0 Å². The standard InChI is InChI=1S/C8H13ClN2O2S2/c9-8-3-2-7(14-8)6-11-15(12,13)5-1-4-10/h2-3,11H,1,4-6,10H2. The topological polar surface area (TPSA) is 72.2 Å². The molecule has 15 heavy (non-hydrogen) atoms. The Kier molecular flexibility index (Phi) is 5.01. The summed E-state index contributed by atoms with van der Waals surface area (Å²) < 4.78 is 25.9. The zero-order valence-electron chi connectivity index (χ0n) is 8.07. The third-order valence-corrected chi connectivity index (χ3v) is 4.35. The smallest absolute Gasteiger partial charge is 0.211 e. The van der Waals surface area contributed by atoms with E-state index in [1.807, 2.05) is 0 Å². The van der Waals surface area contributed by atoms with Crippen LogP contribution in [0.1, 0.15) is 11.3 Å². The van der Waals surface area contributed by atoms with E-state index in [4.69, 9.17) is 17.3 Å². The highest BCUT2D eigenvalue weighted by atomic mass is 35.5. The van der Waals surface area contributed by atoms with Gasteiger partial charge in [0.1, 0.15) is 0 Å². The Hall–Kier alpha value is -0.140. The van der Waals surface area contributed by atoms with E-state index in [0.717, 1.165) is 4.88 Å². The van der Waals surface area contributed by atoms with Gasteiger partial charge in [0.05, 0.1) is 10.1 Å². The average Bonchev–Trinajstić information content (AvgIpc) is 2.59. The van der Waals surface area contributed by atoms with Crippen molar-refractivity contribution in [2.24, 2.45) is 5.73 Å². The molecule has 0 atom stereocenters. The summed E-state index contributed by atoms with van der Waals surface area (Å²) in [5, 5.41) is 0. The summed E-state index contributed by atoms with van der Waals surface area (Å²) in [4.78, 5) is 0.899. The fourth-order valence-corrected chi connectivity index (χ4v) is 3.16. The van der Waals surface area contributed by atoms with Gasteiger partial charge in [-0.2, -0.15) is 0 Å². The summed E-state index contributed by atoms with van der Waals surface area (Å²) in [6.07, 6.45) is 0.473. The summed E-state index contributed by atoms with van der Waals surface area (Å²) in [7, 11) is -3.20. The number of nitrogens with one attached hydrogen (secondary N) is 1. The van der Waals surface area contributed by atoms with E-state index >= 15 is 0 Å². The second kappa shape index (κ2) is 5.81. The molecule has 0 saturated heterocycles. The quantitative estimate of drug-likeness (QED) is 0.814. The number of nitrogens with two attached hydrogens (primary N) is 1. The normalized spacial score (nSPS) is 11.9. The molecule has 7 heteroatoms. The summed E-state index contributed by atoms with van der Waals surface area (Å²) in [6.45, 7) is 0.677. The van der Waals surface area contributed by atoms with Crippen molar-refractivity contribution in [3.05, 3.63) is 21.3 Å². The predicted octanol–water partition coefficient (Wildman–Crippen LogP) is 1.17. The van der Waals surface area contributed by atoms with Gasteiger partial charge in [0, 0.05) is 11.4 Å². The summed E-state index contributed by atoms with van der Waals surface area (Å²) in [5.74, 6) is 0.0720. The van der Waals surface area contributed by atoms with E-state index in [0.29, 0.717) is 23.8 Å². The molecule has 4 nitrogen and oxygen atoms in total. The van der Waals surface area contributed by atoms with Gasteiger partial charge in [-0.1, -0.05) is 11.6 Å². The van der Waals surface area contributed by atoms with Gasteiger partial charge in [-0.3, -0.25) is 0 Å². The molecule has 1 aromatic heterocycles. The summed E-state index contributed by atoms with van der Waals surface area (Å²) >= 11 is 7.08. The minimum atomic E-state index is -3.20. The molecule has 1 rings (SSSR count). The van der Waals surface area contributed by atoms with E-state index in [1.165, 1.54) is 11.3 Å². The maximum atomic E-state index is 11.4. The first-order valence-corrected chi connectivity index (χ1v) is 7.30. The molecule has 0 aliphatic carbocycles. The van der Waals surface area contributed by atoms with Crippen LogP contribution in [0.5, 0.6) is 0 Å². The maximum Gasteiger partial charge on any atom is 0.211 e. The number of hydrogen-bond acceptors (Lipinski definition) is 4. The number of rotatable bonds is 6. The Morgan fingerprint density at radius 1 is 1.47 bits per heavy atom. The Morgan fingerprint density at radius 3 is 2.73 bits per heavy atom. The lowest BCUT2D eigenvalue weighted by atomic mass is 10.5. The number of thiophene rings is 1. The molecule has 0 unspecified atom stereocenters. The van der Waals surface area contributed by atoms with Crippen molar-refractivity contribution in [2.75, 3.05) is 12.3 Å². The van der Waals surface area contributed by atoms with Crippen LogP contribution in [0.3, 0.4) is 0 Å². The number of halogens is 1. The van der Waals surface area contributed by atoms with E-state index in [2.05, 4.69) is 4.72 Å². The van der Waals surface area contributed by atoms with Crippen molar-refractivity contribution in [3.8, 4) is 0 Å². The molecule has 0 amide bonds. The van der Waals surface area contributed by atoms with E-state index < -0.39 is 10.0 Å². The van der Waals surface area contributed by atoms with Crippen molar-refractivity contribution in [1.82, 2.24) is 4.72 Å². The van der Waals surface area contributed by atoms with E-state index in [9.17, 15) is 8.42 Å². The molecule has 0 bridgehead atoms. The highest BCUT2D eigenvalue weighted by Crippen LogP contribution is 2.21. The fourth-order valence-electron chi connectivity index (χ4n) is 0.973. The van der Waals surface area contributed by atoms with Gasteiger partial charge in [0.2, 0.25) is 10.0 Å². The van der Waals surface area contributed by atoms with Crippen LogP contribution in [0.15, 0.2) is 12.1 Å². The molecule has 0 radical (unpaired) electrons. The highest BCUT2D eigenvalue weighted by molar-refractivity contribution is 7.89. The number of sulfonamides is 1. The van der Waals surface area contributed by atoms with Crippen molar-refractivity contribution < 1.29 is 8.42 Å². The van der Waals surface area contributed by atoms with E-state index in [1.54, 1.807) is 12.1 Å². The first-order chi connectivity index (χ1) is 7.03. The third kappa shape index (κ3) is 4.94. The molecule has 0 spiro atoms. The second-order valence-electron chi connectivity index (χ2n) is 2.99. The fraction of sp³-hybridized carbons (Fsp3) is 0.500. The predicted molar refractivity (Wildman–Crippen MR) is 63.6 cm³/mol. The van der Waals surface area contributed by atoms with Crippen LogP contribution in [-0.4, -0.2) is 20.7 Å². The van der Waals surface area contributed by atoms with Gasteiger partial charge in [0.15, 0.2) is 0 Å². The molecule has 1 aromatic rings. The van der Waals surface area contributed by atoms with Crippen molar-refractivity contribution >= 4 is 33.0 Å². The Balaban J connectivity index is 2.42. The lowest BCUT2D eigenvalue weighted by Gasteiger charge is -2.03. The minimum Gasteiger partial charge on any atom is -0.330 e. The van der Waals surface area contributed by atoms with Gasteiger partial charge < -0.3 is 5.73 Å². The zero-order valence-corrected chi connectivity index (χ0v) is 10.5. The highest BCUT2D eigenvalue weighted by Gasteiger charge is 2.09. The molecular weight excluding hydrogens is 256 g/mol. The van der Waals surface area contributed by atoms with Gasteiger partial charge in [-0.15, -0.1) is 11.3 Å². The van der Waals surface area contributed by atoms with Crippen LogP contribution < -0.4 is 10.5 Å². The van der Waals surface area contributed by atoms with Crippen LogP contribution in [0.25, 0.3) is 0 Å². The van der Waals surface area contributed by atoms with Crippen molar-refractivity contribution in [1.29, 1.82) is 0 Å². The van der Waals surface area contributed by atoms with Gasteiger partial charge >= 0.3 is 0 Å². The zero-order chi connectivity index (χ0) is 11.3. The van der Waals surface area contributed by atoms with Gasteiger partial charge in [-0.25, -0.2) is 13.1 Å². The van der Waals surface area contributed by atoms with E-state index in [-0.39, 0.29) is 5.75 Å². The largest absolute Gasteiger partial charge is 0.330 e. The molecule has 1 heterocycles. The first-order valence-electron chi connectivity index (χ1n) is 4.45. The minimum absolute atomic E-state index is 0.0720. The lowest BCUT2D eigenvalue weighted by Crippen LogP contribution is -2.26. The maximum absolute atomic E-state index is 11.4. The summed E-state index contributed by atoms with van der Waals surface area (Å²) in [6, 6.07) is 3.55. The second-order valence-corrected chi connectivity index (χ2v) is 6.71.